The lowest BCUT2D eigenvalue weighted by molar-refractivity contribution is -0.137. The lowest BCUT2D eigenvalue weighted by atomic mass is 9.62. The molecule has 1 aromatic carbocycles. The normalized spacial score (nSPS) is 25.1. The number of hydrogen-bond donors (Lipinski definition) is 1. The first-order valence-corrected chi connectivity index (χ1v) is 11.8. The SMILES string of the molecule is Cc1nnc([C@@]23C[C@@H](C4CC4)C[C@@H](C2)N3C(=O)Nc2cc(-c3ncc(F)cn3)c(C(F)(F)F)cc2F)o1. The van der Waals surface area contributed by atoms with Crippen LogP contribution >= 0.6 is 0 Å². The van der Waals surface area contributed by atoms with Crippen LogP contribution in [0, 0.1) is 30.4 Å². The number of anilines is 1. The number of aryl methyl sites for hydroxylation is 1. The van der Waals surface area contributed by atoms with Gasteiger partial charge in [-0.3, -0.25) is 0 Å². The molecule has 13 heteroatoms. The fraction of sp³-hybridized carbons (Fsp3) is 0.458. The van der Waals surface area contributed by atoms with E-state index in [4.69, 9.17) is 4.42 Å². The molecule has 2 amide bonds. The summed E-state index contributed by atoms with van der Waals surface area (Å²) in [6.45, 7) is 1.64. The van der Waals surface area contributed by atoms with Gasteiger partial charge in [-0.05, 0) is 49.7 Å². The zero-order chi connectivity index (χ0) is 26.1. The number of nitrogens with zero attached hydrogens (tertiary/aromatic N) is 5. The van der Waals surface area contributed by atoms with Gasteiger partial charge in [0.05, 0.1) is 23.6 Å². The second-order valence-corrected chi connectivity index (χ2v) is 9.95. The summed E-state index contributed by atoms with van der Waals surface area (Å²) in [6.07, 6.45) is 0.735. The number of nitrogens with one attached hydrogen (secondary N) is 1. The quantitative estimate of drug-likeness (QED) is 0.460. The van der Waals surface area contributed by atoms with Gasteiger partial charge in [0.2, 0.25) is 11.8 Å². The molecule has 3 aromatic rings. The van der Waals surface area contributed by atoms with E-state index in [1.54, 1.807) is 11.8 Å². The molecule has 0 spiro atoms. The van der Waals surface area contributed by atoms with Crippen LogP contribution < -0.4 is 5.32 Å². The van der Waals surface area contributed by atoms with Gasteiger partial charge in [-0.15, -0.1) is 10.2 Å². The number of hydrogen-bond acceptors (Lipinski definition) is 6. The molecule has 0 radical (unpaired) electrons. The molecule has 0 unspecified atom stereocenters. The number of fused-ring (bicyclic) bond motifs is 2. The average molecular weight is 520 g/mol. The summed E-state index contributed by atoms with van der Waals surface area (Å²) < 4.78 is 74.9. The summed E-state index contributed by atoms with van der Waals surface area (Å²) in [4.78, 5) is 22.2. The molecule has 2 saturated heterocycles. The van der Waals surface area contributed by atoms with Gasteiger partial charge in [0, 0.05) is 24.9 Å². The molecule has 194 valence electrons. The summed E-state index contributed by atoms with van der Waals surface area (Å²) in [6, 6.07) is 0.250. The minimum Gasteiger partial charge on any atom is -0.423 e. The van der Waals surface area contributed by atoms with Crippen molar-refractivity contribution in [2.24, 2.45) is 11.8 Å². The Morgan fingerprint density at radius 3 is 2.46 bits per heavy atom. The zero-order valence-corrected chi connectivity index (χ0v) is 19.5. The Labute approximate surface area is 207 Å². The highest BCUT2D eigenvalue weighted by Gasteiger charge is 2.64. The van der Waals surface area contributed by atoms with Crippen molar-refractivity contribution >= 4 is 11.7 Å². The topological polar surface area (TPSA) is 97.0 Å². The van der Waals surface area contributed by atoms with E-state index in [9.17, 15) is 26.7 Å². The summed E-state index contributed by atoms with van der Waals surface area (Å²) >= 11 is 0. The number of aromatic nitrogens is 4. The van der Waals surface area contributed by atoms with E-state index in [-0.39, 0.29) is 12.1 Å². The minimum absolute atomic E-state index is 0.149. The van der Waals surface area contributed by atoms with Crippen LogP contribution in [0.2, 0.25) is 0 Å². The van der Waals surface area contributed by atoms with E-state index in [2.05, 4.69) is 25.5 Å². The van der Waals surface area contributed by atoms with E-state index < -0.39 is 52.0 Å². The van der Waals surface area contributed by atoms with E-state index in [0.717, 1.165) is 25.3 Å². The zero-order valence-electron chi connectivity index (χ0n) is 19.5. The van der Waals surface area contributed by atoms with E-state index in [1.807, 2.05) is 0 Å². The number of alkyl halides is 3. The number of piperidine rings is 1. The Morgan fingerprint density at radius 1 is 1.11 bits per heavy atom. The van der Waals surface area contributed by atoms with Crippen LogP contribution in [0.25, 0.3) is 11.4 Å². The fourth-order valence-electron chi connectivity index (χ4n) is 5.82. The van der Waals surface area contributed by atoms with Crippen LogP contribution in [0.15, 0.2) is 28.9 Å². The number of urea groups is 1. The summed E-state index contributed by atoms with van der Waals surface area (Å²) in [7, 11) is 0. The second-order valence-electron chi connectivity index (χ2n) is 9.95. The highest BCUT2D eigenvalue weighted by Crippen LogP contribution is 2.60. The maximum atomic E-state index is 14.9. The smallest absolute Gasteiger partial charge is 0.417 e. The lowest BCUT2D eigenvalue weighted by Crippen LogP contribution is -2.70. The molecule has 7 rings (SSSR count). The third kappa shape index (κ3) is 4.00. The predicted molar refractivity (Wildman–Crippen MR) is 118 cm³/mol. The van der Waals surface area contributed by atoms with Crippen molar-refractivity contribution in [1.82, 2.24) is 25.1 Å². The van der Waals surface area contributed by atoms with Crippen molar-refractivity contribution in [1.29, 1.82) is 0 Å². The molecule has 8 nitrogen and oxygen atoms in total. The largest absolute Gasteiger partial charge is 0.423 e. The Bertz CT molecular complexity index is 1370. The lowest BCUT2D eigenvalue weighted by Gasteiger charge is -2.61. The minimum atomic E-state index is -4.94. The molecule has 4 heterocycles. The van der Waals surface area contributed by atoms with Gasteiger partial charge < -0.3 is 14.6 Å². The first-order valence-electron chi connectivity index (χ1n) is 11.8. The highest BCUT2D eigenvalue weighted by molar-refractivity contribution is 5.92. The molecule has 2 aromatic heterocycles. The first-order chi connectivity index (χ1) is 17.5. The molecular weight excluding hydrogens is 499 g/mol. The Hall–Kier alpha value is -3.64. The molecule has 4 fully saturated rings. The predicted octanol–water partition coefficient (Wildman–Crippen LogP) is 5.45. The number of halogens is 5. The number of carbonyl (C=O) groups is 1. The highest BCUT2D eigenvalue weighted by atomic mass is 19.4. The van der Waals surface area contributed by atoms with Crippen molar-refractivity contribution in [2.75, 3.05) is 5.32 Å². The molecule has 2 aliphatic carbocycles. The standard InChI is InChI=1S/C24H21F5N6O2/c1-11-33-34-21(37-11)23-7-13(12-2-3-12)4-15(8-23)35(23)22(36)32-19-5-16(20-30-9-14(25)10-31-20)17(6-18(19)26)24(27,28)29/h5-6,9-10,12-13,15H,2-4,7-8H2,1H3,(H,32,36)/t13-,15-,23+/m0/s1. The van der Waals surface area contributed by atoms with Gasteiger partial charge in [-0.25, -0.2) is 23.5 Å². The number of carbonyl (C=O) groups excluding carboxylic acids is 1. The molecule has 4 aliphatic rings. The third-order valence-electron chi connectivity index (χ3n) is 7.52. The van der Waals surface area contributed by atoms with Gasteiger partial charge in [-0.1, -0.05) is 0 Å². The van der Waals surface area contributed by atoms with E-state index >= 15 is 0 Å². The summed E-state index contributed by atoms with van der Waals surface area (Å²) in [5.74, 6) is -0.967. The summed E-state index contributed by atoms with van der Waals surface area (Å²) in [5.41, 5.74) is -3.28. The van der Waals surface area contributed by atoms with Crippen molar-refractivity contribution in [3.63, 3.8) is 0 Å². The molecule has 1 N–H and O–H groups in total. The van der Waals surface area contributed by atoms with Gasteiger partial charge in [0.15, 0.2) is 11.6 Å². The summed E-state index contributed by atoms with van der Waals surface area (Å²) in [5, 5.41) is 10.5. The molecule has 2 saturated carbocycles. The van der Waals surface area contributed by atoms with Crippen LogP contribution in [0.3, 0.4) is 0 Å². The van der Waals surface area contributed by atoms with Crippen LogP contribution in [0.5, 0.6) is 0 Å². The van der Waals surface area contributed by atoms with Crippen LogP contribution in [-0.4, -0.2) is 37.1 Å². The number of rotatable bonds is 4. The molecule has 2 bridgehead atoms. The maximum Gasteiger partial charge on any atom is 0.417 e. The fourth-order valence-corrected chi connectivity index (χ4v) is 5.82. The van der Waals surface area contributed by atoms with Crippen LogP contribution in [-0.2, 0) is 11.7 Å². The number of benzene rings is 1. The van der Waals surface area contributed by atoms with E-state index in [0.29, 0.717) is 48.9 Å². The Kier molecular flexibility index (Phi) is 5.25. The van der Waals surface area contributed by atoms with Crippen molar-refractivity contribution in [3.8, 4) is 11.4 Å². The Morgan fingerprint density at radius 2 is 1.84 bits per heavy atom. The second kappa shape index (κ2) is 8.18. The average Bonchev–Trinajstić information content (AvgIpc) is 3.60. The van der Waals surface area contributed by atoms with Crippen LogP contribution in [0.4, 0.5) is 32.4 Å². The van der Waals surface area contributed by atoms with Gasteiger partial charge >= 0.3 is 12.2 Å². The molecule has 2 aliphatic heterocycles. The third-order valence-corrected chi connectivity index (χ3v) is 7.52. The van der Waals surface area contributed by atoms with Crippen molar-refractivity contribution < 1.29 is 31.2 Å². The molecule has 37 heavy (non-hydrogen) atoms. The van der Waals surface area contributed by atoms with Gasteiger partial charge in [0.25, 0.3) is 0 Å². The monoisotopic (exact) mass is 520 g/mol. The van der Waals surface area contributed by atoms with Gasteiger partial charge in [0.1, 0.15) is 11.4 Å². The van der Waals surface area contributed by atoms with Crippen LogP contribution in [0.1, 0.15) is 49.4 Å². The Balaban J connectivity index is 1.34. The first kappa shape index (κ1) is 23.7. The van der Waals surface area contributed by atoms with E-state index in [1.165, 1.54) is 0 Å². The van der Waals surface area contributed by atoms with Crippen molar-refractivity contribution in [3.05, 3.63) is 53.5 Å². The van der Waals surface area contributed by atoms with Gasteiger partial charge in [-0.2, -0.15) is 13.2 Å². The molecule has 3 atom stereocenters. The van der Waals surface area contributed by atoms with Crippen molar-refractivity contribution in [2.45, 2.75) is 56.8 Å². The number of amides is 2. The molecular formula is C24H21F5N6O2. The maximum absolute atomic E-state index is 14.9.